The molecule has 1 aliphatic heterocycles. The number of carbonyl (C=O) groups excluding carboxylic acids is 1. The van der Waals surface area contributed by atoms with Gasteiger partial charge in [-0.05, 0) is 31.5 Å². The van der Waals surface area contributed by atoms with Crippen LogP contribution in [0.5, 0.6) is 5.75 Å². The molecule has 4 heteroatoms. The van der Waals surface area contributed by atoms with Crippen LogP contribution in [-0.4, -0.2) is 19.1 Å². The molecule has 0 saturated carbocycles. The third kappa shape index (κ3) is 2.96. The van der Waals surface area contributed by atoms with Crippen LogP contribution in [0.15, 0.2) is 30.4 Å². The van der Waals surface area contributed by atoms with Gasteiger partial charge in [0.05, 0.1) is 18.7 Å². The zero-order valence-electron chi connectivity index (χ0n) is 11.5. The molecule has 0 aromatic heterocycles. The number of nitrogens with two attached hydrogens (primary N) is 1. The number of amides is 1. The summed E-state index contributed by atoms with van der Waals surface area (Å²) in [5.41, 5.74) is 8.62. The summed E-state index contributed by atoms with van der Waals surface area (Å²) in [5, 5.41) is 0. The average Bonchev–Trinajstić information content (AvgIpc) is 2.49. The monoisotopic (exact) mass is 260 g/mol. The third-order valence-electron chi connectivity index (χ3n) is 3.10. The van der Waals surface area contributed by atoms with E-state index in [1.807, 2.05) is 32.0 Å². The van der Waals surface area contributed by atoms with Gasteiger partial charge in [-0.15, -0.1) is 0 Å². The van der Waals surface area contributed by atoms with Gasteiger partial charge in [0.2, 0.25) is 5.91 Å². The molecule has 1 atom stereocenters. The Morgan fingerprint density at radius 3 is 2.95 bits per heavy atom. The highest BCUT2D eigenvalue weighted by Gasteiger charge is 2.23. The Bertz CT molecular complexity index is 509. The van der Waals surface area contributed by atoms with Gasteiger partial charge in [-0.3, -0.25) is 4.79 Å². The van der Waals surface area contributed by atoms with Crippen molar-refractivity contribution in [2.24, 2.45) is 5.73 Å². The van der Waals surface area contributed by atoms with Crippen molar-refractivity contribution in [1.29, 1.82) is 0 Å². The Morgan fingerprint density at radius 2 is 2.32 bits per heavy atom. The molecule has 1 aromatic rings. The zero-order valence-corrected chi connectivity index (χ0v) is 11.5. The van der Waals surface area contributed by atoms with Gasteiger partial charge in [0.25, 0.3) is 0 Å². The van der Waals surface area contributed by atoms with Crippen LogP contribution in [0.2, 0.25) is 0 Å². The molecular weight excluding hydrogens is 240 g/mol. The molecule has 2 rings (SSSR count). The number of ether oxygens (including phenoxy) is 1. The zero-order chi connectivity index (χ0) is 14.0. The van der Waals surface area contributed by atoms with Gasteiger partial charge < -0.3 is 15.4 Å². The van der Waals surface area contributed by atoms with Gasteiger partial charge in [0.1, 0.15) is 5.75 Å². The molecule has 0 fully saturated rings. The number of carbonyl (C=O) groups is 1. The van der Waals surface area contributed by atoms with Crippen LogP contribution in [0.4, 0.5) is 5.69 Å². The van der Waals surface area contributed by atoms with E-state index in [-0.39, 0.29) is 11.9 Å². The van der Waals surface area contributed by atoms with E-state index in [1.54, 1.807) is 4.90 Å². The average molecular weight is 260 g/mol. The summed E-state index contributed by atoms with van der Waals surface area (Å²) in [5.74, 6) is 0.792. The number of rotatable bonds is 3. The summed E-state index contributed by atoms with van der Waals surface area (Å²) in [4.78, 5) is 13.9. The van der Waals surface area contributed by atoms with E-state index in [0.717, 1.165) is 22.6 Å². The molecule has 102 valence electrons. The minimum absolute atomic E-state index is 0.0589. The molecule has 0 radical (unpaired) electrons. The second-order valence-electron chi connectivity index (χ2n) is 5.05. The molecule has 0 spiro atoms. The van der Waals surface area contributed by atoms with E-state index < -0.39 is 0 Å². The van der Waals surface area contributed by atoms with Crippen molar-refractivity contribution >= 4 is 11.6 Å². The molecule has 0 saturated heterocycles. The first-order valence-corrected chi connectivity index (χ1v) is 6.46. The summed E-state index contributed by atoms with van der Waals surface area (Å²) in [6.07, 6.45) is 0.384. The van der Waals surface area contributed by atoms with E-state index in [2.05, 4.69) is 6.58 Å². The predicted octanol–water partition coefficient (Wildman–Crippen LogP) is 2.40. The lowest BCUT2D eigenvalue weighted by atomic mass is 10.1. The summed E-state index contributed by atoms with van der Waals surface area (Å²) in [6, 6.07) is 5.69. The molecule has 1 heterocycles. The van der Waals surface area contributed by atoms with Crippen molar-refractivity contribution in [2.45, 2.75) is 26.3 Å². The minimum atomic E-state index is -0.0738. The topological polar surface area (TPSA) is 55.6 Å². The van der Waals surface area contributed by atoms with Crippen molar-refractivity contribution in [2.75, 3.05) is 18.1 Å². The fraction of sp³-hybridized carbons (Fsp3) is 0.400. The molecule has 1 unspecified atom stereocenters. The first-order chi connectivity index (χ1) is 8.99. The van der Waals surface area contributed by atoms with Crippen molar-refractivity contribution < 1.29 is 9.53 Å². The lowest BCUT2D eigenvalue weighted by Crippen LogP contribution is -2.31. The van der Waals surface area contributed by atoms with Crippen LogP contribution < -0.4 is 15.4 Å². The van der Waals surface area contributed by atoms with Crippen LogP contribution in [-0.2, 0) is 4.79 Å². The molecule has 1 aliphatic rings. The number of benzene rings is 1. The normalized spacial score (nSPS) is 16.4. The predicted molar refractivity (Wildman–Crippen MR) is 76.3 cm³/mol. The maximum absolute atomic E-state index is 12.2. The van der Waals surface area contributed by atoms with E-state index in [4.69, 9.17) is 10.5 Å². The lowest BCUT2D eigenvalue weighted by molar-refractivity contribution is -0.118. The summed E-state index contributed by atoms with van der Waals surface area (Å²) in [6.45, 7) is 8.64. The van der Waals surface area contributed by atoms with E-state index in [1.165, 1.54) is 0 Å². The van der Waals surface area contributed by atoms with Crippen molar-refractivity contribution in [3.05, 3.63) is 35.9 Å². The molecule has 1 amide bonds. The summed E-state index contributed by atoms with van der Waals surface area (Å²) < 4.78 is 5.63. The Labute approximate surface area is 113 Å². The number of hydrogen-bond acceptors (Lipinski definition) is 3. The Hall–Kier alpha value is -1.81. The maximum Gasteiger partial charge on any atom is 0.230 e. The molecular formula is C15H20N2O2. The van der Waals surface area contributed by atoms with Gasteiger partial charge in [0.15, 0.2) is 0 Å². The highest BCUT2D eigenvalue weighted by Crippen LogP contribution is 2.34. The van der Waals surface area contributed by atoms with Crippen molar-refractivity contribution in [3.8, 4) is 5.75 Å². The Balaban J connectivity index is 2.46. The largest absolute Gasteiger partial charge is 0.491 e. The Kier molecular flexibility index (Phi) is 3.90. The minimum Gasteiger partial charge on any atom is -0.491 e. The fourth-order valence-electron chi connectivity index (χ4n) is 2.11. The van der Waals surface area contributed by atoms with Gasteiger partial charge in [-0.1, -0.05) is 18.2 Å². The number of nitrogens with zero attached hydrogens (tertiary/aromatic N) is 1. The highest BCUT2D eigenvalue weighted by molar-refractivity contribution is 5.96. The molecule has 4 nitrogen and oxygen atoms in total. The smallest absolute Gasteiger partial charge is 0.230 e. The molecule has 0 bridgehead atoms. The Morgan fingerprint density at radius 1 is 1.58 bits per heavy atom. The van der Waals surface area contributed by atoms with Gasteiger partial charge in [-0.2, -0.15) is 0 Å². The van der Waals surface area contributed by atoms with Crippen LogP contribution >= 0.6 is 0 Å². The quantitative estimate of drug-likeness (QED) is 0.849. The third-order valence-corrected chi connectivity index (χ3v) is 3.10. The van der Waals surface area contributed by atoms with Crippen LogP contribution in [0.25, 0.3) is 0 Å². The lowest BCUT2D eigenvalue weighted by Gasteiger charge is -2.23. The van der Waals surface area contributed by atoms with E-state index in [0.29, 0.717) is 19.6 Å². The van der Waals surface area contributed by atoms with Crippen molar-refractivity contribution in [3.63, 3.8) is 0 Å². The fourth-order valence-corrected chi connectivity index (χ4v) is 2.11. The second-order valence-corrected chi connectivity index (χ2v) is 5.05. The maximum atomic E-state index is 12.2. The van der Waals surface area contributed by atoms with Gasteiger partial charge in [-0.25, -0.2) is 0 Å². The number of fused-ring (bicyclic) bond motifs is 1. The van der Waals surface area contributed by atoms with Crippen molar-refractivity contribution in [1.82, 2.24) is 0 Å². The van der Waals surface area contributed by atoms with Gasteiger partial charge in [0, 0.05) is 12.6 Å². The second kappa shape index (κ2) is 5.45. The first-order valence-electron chi connectivity index (χ1n) is 6.46. The summed E-state index contributed by atoms with van der Waals surface area (Å²) >= 11 is 0. The number of anilines is 1. The highest BCUT2D eigenvalue weighted by atomic mass is 16.5. The summed E-state index contributed by atoms with van der Waals surface area (Å²) in [7, 11) is 0. The standard InChI is InChI=1S/C15H20N2O2/c1-10(2)9-17-13-8-12(11(3)16)4-5-14(13)19-7-6-15(17)18/h4-5,8,11H,1,6-7,9,16H2,2-3H3. The van der Waals surface area contributed by atoms with Crippen LogP contribution in [0.3, 0.4) is 0 Å². The first kappa shape index (κ1) is 13.6. The molecule has 19 heavy (non-hydrogen) atoms. The van der Waals surface area contributed by atoms with Crippen LogP contribution in [0.1, 0.15) is 31.9 Å². The van der Waals surface area contributed by atoms with E-state index >= 15 is 0 Å². The molecule has 2 N–H and O–H groups in total. The SMILES string of the molecule is C=C(C)CN1C(=O)CCOc2ccc(C(C)N)cc21. The van der Waals surface area contributed by atoms with Crippen LogP contribution in [0, 0.1) is 0 Å². The molecule has 1 aromatic carbocycles. The molecule has 0 aliphatic carbocycles. The van der Waals surface area contributed by atoms with Gasteiger partial charge >= 0.3 is 0 Å². The van der Waals surface area contributed by atoms with E-state index in [9.17, 15) is 4.79 Å². The number of hydrogen-bond donors (Lipinski definition) is 1.